The Labute approximate surface area is 97.4 Å². The molecule has 1 aliphatic rings. The summed E-state index contributed by atoms with van der Waals surface area (Å²) in [5.41, 5.74) is 3.97. The minimum absolute atomic E-state index is 0.212. The molecule has 3 heteroatoms. The third-order valence-electron chi connectivity index (χ3n) is 3.54. The molecular weight excluding hydrogens is 198 g/mol. The van der Waals surface area contributed by atoms with Gasteiger partial charge in [0, 0.05) is 6.20 Å². The van der Waals surface area contributed by atoms with Gasteiger partial charge in [-0.2, -0.15) is 0 Å². The molecule has 1 heterocycles. The summed E-state index contributed by atoms with van der Waals surface area (Å²) in [7, 11) is 0. The SMILES string of the molecule is NNC(CC1CCCCC1)c1ccccn1. The first-order valence-electron chi connectivity index (χ1n) is 6.27. The van der Waals surface area contributed by atoms with E-state index < -0.39 is 0 Å². The zero-order valence-corrected chi connectivity index (χ0v) is 9.73. The van der Waals surface area contributed by atoms with Crippen LogP contribution >= 0.6 is 0 Å². The Morgan fingerprint density at radius 3 is 2.75 bits per heavy atom. The minimum Gasteiger partial charge on any atom is -0.271 e. The van der Waals surface area contributed by atoms with Crippen molar-refractivity contribution in [1.82, 2.24) is 10.4 Å². The van der Waals surface area contributed by atoms with Crippen LogP contribution in [0.3, 0.4) is 0 Å². The molecule has 0 saturated heterocycles. The number of nitrogens with zero attached hydrogens (tertiary/aromatic N) is 1. The topological polar surface area (TPSA) is 50.9 Å². The van der Waals surface area contributed by atoms with Crippen LogP contribution in [0.2, 0.25) is 0 Å². The maximum Gasteiger partial charge on any atom is 0.0634 e. The molecule has 1 saturated carbocycles. The Kier molecular flexibility index (Phi) is 4.31. The molecule has 3 nitrogen and oxygen atoms in total. The number of nitrogens with one attached hydrogen (secondary N) is 1. The number of hydrazine groups is 1. The summed E-state index contributed by atoms with van der Waals surface area (Å²) in [6, 6.07) is 6.22. The largest absolute Gasteiger partial charge is 0.271 e. The molecule has 3 N–H and O–H groups in total. The van der Waals surface area contributed by atoms with Gasteiger partial charge in [0.25, 0.3) is 0 Å². The molecule has 0 aliphatic heterocycles. The van der Waals surface area contributed by atoms with E-state index in [9.17, 15) is 0 Å². The van der Waals surface area contributed by atoms with Crippen LogP contribution in [-0.2, 0) is 0 Å². The highest BCUT2D eigenvalue weighted by atomic mass is 15.2. The lowest BCUT2D eigenvalue weighted by Gasteiger charge is -2.25. The van der Waals surface area contributed by atoms with Crippen LogP contribution in [0.25, 0.3) is 0 Å². The number of hydrogen-bond donors (Lipinski definition) is 2. The van der Waals surface area contributed by atoms with E-state index in [1.54, 1.807) is 0 Å². The summed E-state index contributed by atoms with van der Waals surface area (Å²) < 4.78 is 0. The molecule has 16 heavy (non-hydrogen) atoms. The van der Waals surface area contributed by atoms with Gasteiger partial charge in [-0.15, -0.1) is 0 Å². The van der Waals surface area contributed by atoms with Crippen molar-refractivity contribution in [1.29, 1.82) is 0 Å². The van der Waals surface area contributed by atoms with Crippen LogP contribution in [0.15, 0.2) is 24.4 Å². The molecule has 0 radical (unpaired) electrons. The molecule has 1 atom stereocenters. The fourth-order valence-corrected chi connectivity index (χ4v) is 2.61. The lowest BCUT2D eigenvalue weighted by Crippen LogP contribution is -2.30. The predicted molar refractivity (Wildman–Crippen MR) is 65.5 cm³/mol. The number of nitrogens with two attached hydrogens (primary N) is 1. The minimum atomic E-state index is 0.212. The standard InChI is InChI=1S/C13H21N3/c14-16-13(12-8-4-5-9-15-12)10-11-6-2-1-3-7-11/h4-5,8-9,11,13,16H,1-3,6-7,10,14H2. The first-order chi connectivity index (χ1) is 7.90. The summed E-state index contributed by atoms with van der Waals surface area (Å²) in [6.45, 7) is 0. The van der Waals surface area contributed by atoms with E-state index >= 15 is 0 Å². The second-order valence-corrected chi connectivity index (χ2v) is 4.71. The summed E-state index contributed by atoms with van der Waals surface area (Å²) >= 11 is 0. The Morgan fingerprint density at radius 2 is 2.12 bits per heavy atom. The van der Waals surface area contributed by atoms with Crippen LogP contribution < -0.4 is 11.3 Å². The van der Waals surface area contributed by atoms with Crippen molar-refractivity contribution in [3.05, 3.63) is 30.1 Å². The van der Waals surface area contributed by atoms with E-state index in [0.717, 1.165) is 18.0 Å². The molecule has 0 spiro atoms. The molecule has 0 bridgehead atoms. The molecule has 1 aliphatic carbocycles. The predicted octanol–water partition coefficient (Wildman–Crippen LogP) is 2.56. The maximum atomic E-state index is 5.63. The lowest BCUT2D eigenvalue weighted by atomic mass is 9.84. The van der Waals surface area contributed by atoms with Gasteiger partial charge >= 0.3 is 0 Å². The fraction of sp³-hybridized carbons (Fsp3) is 0.615. The first kappa shape index (κ1) is 11.6. The maximum absolute atomic E-state index is 5.63. The molecule has 0 aromatic carbocycles. The van der Waals surface area contributed by atoms with Crippen LogP contribution in [-0.4, -0.2) is 4.98 Å². The fourth-order valence-electron chi connectivity index (χ4n) is 2.61. The Bertz CT molecular complexity index is 293. The zero-order valence-electron chi connectivity index (χ0n) is 9.73. The van der Waals surface area contributed by atoms with Crippen molar-refractivity contribution >= 4 is 0 Å². The van der Waals surface area contributed by atoms with E-state index in [2.05, 4.69) is 10.4 Å². The van der Waals surface area contributed by atoms with Gasteiger partial charge in [0.2, 0.25) is 0 Å². The number of aromatic nitrogens is 1. The first-order valence-corrected chi connectivity index (χ1v) is 6.27. The van der Waals surface area contributed by atoms with Crippen molar-refractivity contribution in [2.45, 2.75) is 44.6 Å². The van der Waals surface area contributed by atoms with Crippen LogP contribution in [0.1, 0.15) is 50.3 Å². The van der Waals surface area contributed by atoms with E-state index in [1.807, 2.05) is 24.4 Å². The van der Waals surface area contributed by atoms with E-state index in [4.69, 9.17) is 5.84 Å². The highest BCUT2D eigenvalue weighted by Gasteiger charge is 2.19. The van der Waals surface area contributed by atoms with Gasteiger partial charge < -0.3 is 0 Å². The van der Waals surface area contributed by atoms with Gasteiger partial charge in [-0.1, -0.05) is 38.2 Å². The van der Waals surface area contributed by atoms with Gasteiger partial charge in [0.15, 0.2) is 0 Å². The molecule has 2 rings (SSSR count). The second-order valence-electron chi connectivity index (χ2n) is 4.71. The smallest absolute Gasteiger partial charge is 0.0634 e. The van der Waals surface area contributed by atoms with Crippen molar-refractivity contribution in [3.8, 4) is 0 Å². The quantitative estimate of drug-likeness (QED) is 0.604. The van der Waals surface area contributed by atoms with Crippen LogP contribution in [0.5, 0.6) is 0 Å². The highest BCUT2D eigenvalue weighted by molar-refractivity contribution is 5.08. The van der Waals surface area contributed by atoms with Crippen molar-refractivity contribution in [2.75, 3.05) is 0 Å². The van der Waals surface area contributed by atoms with Crippen molar-refractivity contribution < 1.29 is 0 Å². The van der Waals surface area contributed by atoms with Gasteiger partial charge in [0.1, 0.15) is 0 Å². The average Bonchev–Trinajstić information content (AvgIpc) is 2.38. The highest BCUT2D eigenvalue weighted by Crippen LogP contribution is 2.30. The molecular formula is C13H21N3. The number of pyridine rings is 1. The lowest BCUT2D eigenvalue weighted by molar-refractivity contribution is 0.299. The summed E-state index contributed by atoms with van der Waals surface area (Å²) in [5.74, 6) is 6.45. The molecule has 1 aromatic heterocycles. The average molecular weight is 219 g/mol. The van der Waals surface area contributed by atoms with E-state index in [0.29, 0.717) is 0 Å². The third-order valence-corrected chi connectivity index (χ3v) is 3.54. The Morgan fingerprint density at radius 1 is 1.31 bits per heavy atom. The van der Waals surface area contributed by atoms with E-state index in [-0.39, 0.29) is 6.04 Å². The van der Waals surface area contributed by atoms with Gasteiger partial charge in [0.05, 0.1) is 11.7 Å². The van der Waals surface area contributed by atoms with Crippen molar-refractivity contribution in [3.63, 3.8) is 0 Å². The van der Waals surface area contributed by atoms with Crippen LogP contribution in [0, 0.1) is 5.92 Å². The van der Waals surface area contributed by atoms with E-state index in [1.165, 1.54) is 32.1 Å². The zero-order chi connectivity index (χ0) is 11.2. The number of hydrogen-bond acceptors (Lipinski definition) is 3. The molecule has 1 aromatic rings. The second kappa shape index (κ2) is 5.97. The Hall–Kier alpha value is -0.930. The molecule has 1 unspecified atom stereocenters. The summed E-state index contributed by atoms with van der Waals surface area (Å²) in [4.78, 5) is 4.37. The molecule has 1 fully saturated rings. The molecule has 0 amide bonds. The van der Waals surface area contributed by atoms with Crippen LogP contribution in [0.4, 0.5) is 0 Å². The van der Waals surface area contributed by atoms with Gasteiger partial charge in [-0.25, -0.2) is 0 Å². The third kappa shape index (κ3) is 3.03. The monoisotopic (exact) mass is 219 g/mol. The number of rotatable bonds is 4. The molecule has 88 valence electrons. The van der Waals surface area contributed by atoms with Gasteiger partial charge in [-0.05, 0) is 24.5 Å². The van der Waals surface area contributed by atoms with Gasteiger partial charge in [-0.3, -0.25) is 16.3 Å². The normalized spacial score (nSPS) is 19.6. The van der Waals surface area contributed by atoms with Crippen molar-refractivity contribution in [2.24, 2.45) is 11.8 Å². The Balaban J connectivity index is 1.94. The summed E-state index contributed by atoms with van der Waals surface area (Å²) in [6.07, 6.45) is 9.82. The summed E-state index contributed by atoms with van der Waals surface area (Å²) in [5, 5.41) is 0.